The van der Waals surface area contributed by atoms with E-state index >= 15 is 0 Å². The van der Waals surface area contributed by atoms with Crippen LogP contribution in [0.4, 0.5) is 19.1 Å². The van der Waals surface area contributed by atoms with E-state index in [1.54, 1.807) is 0 Å². The van der Waals surface area contributed by atoms with Crippen molar-refractivity contribution in [2.24, 2.45) is 0 Å². The van der Waals surface area contributed by atoms with E-state index in [9.17, 15) is 13.2 Å². The minimum atomic E-state index is -4.20. The Labute approximate surface area is 164 Å². The van der Waals surface area contributed by atoms with Crippen LogP contribution in [-0.2, 0) is 4.74 Å². The molecule has 2 fully saturated rings. The van der Waals surface area contributed by atoms with Gasteiger partial charge in [-0.25, -0.2) is 14.5 Å². The number of nitrogen functional groups attached to an aromatic ring is 1. The average Bonchev–Trinajstić information content (AvgIpc) is 3.19. The molecule has 2 aromatic rings. The molecule has 2 saturated heterocycles. The highest BCUT2D eigenvalue weighted by Gasteiger charge is 2.36. The molecule has 2 aliphatic rings. The predicted molar refractivity (Wildman–Crippen MR) is 96.1 cm³/mol. The molecule has 0 saturated carbocycles. The van der Waals surface area contributed by atoms with Crippen LogP contribution in [0.3, 0.4) is 0 Å². The molecule has 8 nitrogen and oxygen atoms in total. The van der Waals surface area contributed by atoms with E-state index in [-0.39, 0.29) is 29.7 Å². The van der Waals surface area contributed by atoms with Crippen molar-refractivity contribution >= 4 is 23.1 Å². The van der Waals surface area contributed by atoms with Gasteiger partial charge in [-0.1, -0.05) is 11.6 Å². The SMILES string of the molecule is Nc1ncc2c(Cl)nc(C3CCN(CC(F)(F)F)C3)n2n1.OC1CCCOC1. The first-order chi connectivity index (χ1) is 13.2. The molecular weight excluding hydrogens is 401 g/mol. The molecule has 2 atom stereocenters. The molecule has 0 radical (unpaired) electrons. The zero-order valence-corrected chi connectivity index (χ0v) is 15.8. The number of imidazole rings is 1. The van der Waals surface area contributed by atoms with E-state index in [1.807, 2.05) is 0 Å². The number of anilines is 1. The summed E-state index contributed by atoms with van der Waals surface area (Å²) in [5, 5.41) is 13.0. The number of halogens is 4. The summed E-state index contributed by atoms with van der Waals surface area (Å²) in [5.41, 5.74) is 6.03. The number of aliphatic hydroxyl groups is 1. The summed E-state index contributed by atoms with van der Waals surface area (Å²) in [4.78, 5) is 9.39. The lowest BCUT2D eigenvalue weighted by molar-refractivity contribution is -0.143. The van der Waals surface area contributed by atoms with Crippen molar-refractivity contribution in [2.45, 2.75) is 37.5 Å². The topological polar surface area (TPSA) is 102 Å². The van der Waals surface area contributed by atoms with Gasteiger partial charge in [0.25, 0.3) is 0 Å². The Kier molecular flexibility index (Phi) is 6.58. The van der Waals surface area contributed by atoms with Crippen molar-refractivity contribution in [1.82, 2.24) is 24.5 Å². The van der Waals surface area contributed by atoms with Gasteiger partial charge in [0, 0.05) is 19.1 Å². The minimum Gasteiger partial charge on any atom is -0.391 e. The number of aliphatic hydroxyl groups excluding tert-OH is 1. The molecule has 3 N–H and O–H groups in total. The van der Waals surface area contributed by atoms with Crippen LogP contribution in [0, 0.1) is 0 Å². The number of nitrogens with zero attached hydrogens (tertiary/aromatic N) is 5. The maximum absolute atomic E-state index is 12.4. The molecule has 2 aliphatic heterocycles. The maximum Gasteiger partial charge on any atom is 0.401 e. The molecule has 28 heavy (non-hydrogen) atoms. The van der Waals surface area contributed by atoms with Gasteiger partial charge in [-0.2, -0.15) is 13.2 Å². The highest BCUT2D eigenvalue weighted by Crippen LogP contribution is 2.31. The van der Waals surface area contributed by atoms with Gasteiger partial charge in [-0.15, -0.1) is 5.10 Å². The van der Waals surface area contributed by atoms with Crippen LogP contribution < -0.4 is 5.73 Å². The van der Waals surface area contributed by atoms with E-state index in [2.05, 4.69) is 15.1 Å². The van der Waals surface area contributed by atoms with E-state index in [0.29, 0.717) is 30.9 Å². The van der Waals surface area contributed by atoms with Crippen LogP contribution >= 0.6 is 11.6 Å². The van der Waals surface area contributed by atoms with Crippen LogP contribution in [0.5, 0.6) is 0 Å². The van der Waals surface area contributed by atoms with Crippen molar-refractivity contribution in [2.75, 3.05) is 38.6 Å². The molecule has 0 aromatic carbocycles. The van der Waals surface area contributed by atoms with E-state index in [0.717, 1.165) is 19.4 Å². The number of ether oxygens (including phenoxy) is 1. The lowest BCUT2D eigenvalue weighted by atomic mass is 10.1. The Bertz CT molecular complexity index is 797. The third kappa shape index (κ3) is 5.43. The second-order valence-electron chi connectivity index (χ2n) is 6.88. The molecule has 0 aliphatic carbocycles. The van der Waals surface area contributed by atoms with E-state index < -0.39 is 12.7 Å². The molecule has 2 unspecified atom stereocenters. The molecular formula is C16H22ClF3N6O2. The number of alkyl halides is 3. The fourth-order valence-corrected chi connectivity index (χ4v) is 3.53. The quantitative estimate of drug-likeness (QED) is 0.761. The van der Waals surface area contributed by atoms with Gasteiger partial charge in [0.15, 0.2) is 5.15 Å². The standard InChI is InChI=1S/C11H12ClF3N6.C5H10O2/c12-8-7-3-17-10(16)19-21(7)9(18-8)6-1-2-20(4-6)5-11(13,14)15;6-5-2-1-3-7-4-5/h3,6H,1-2,4-5H2,(H2,16,19);5-6H,1-4H2. The number of hydrogen-bond donors (Lipinski definition) is 2. The van der Waals surface area contributed by atoms with Crippen LogP contribution in [0.2, 0.25) is 5.15 Å². The average molecular weight is 423 g/mol. The summed E-state index contributed by atoms with van der Waals surface area (Å²) in [6, 6.07) is 0. The number of hydrogen-bond acceptors (Lipinski definition) is 7. The number of nitrogens with two attached hydrogens (primary N) is 1. The normalized spacial score (nSPS) is 23.6. The first kappa shape index (κ1) is 21.0. The summed E-state index contributed by atoms with van der Waals surface area (Å²) in [6.45, 7) is 1.07. The summed E-state index contributed by atoms with van der Waals surface area (Å²) in [7, 11) is 0. The second-order valence-corrected chi connectivity index (χ2v) is 7.24. The summed E-state index contributed by atoms with van der Waals surface area (Å²) in [6.07, 6.45) is -0.442. The summed E-state index contributed by atoms with van der Waals surface area (Å²) >= 11 is 6.01. The Balaban J connectivity index is 0.000000271. The zero-order valence-electron chi connectivity index (χ0n) is 15.1. The Morgan fingerprint density at radius 2 is 2.14 bits per heavy atom. The second kappa shape index (κ2) is 8.76. The van der Waals surface area contributed by atoms with Crippen LogP contribution in [-0.4, -0.2) is 74.7 Å². The smallest absolute Gasteiger partial charge is 0.391 e. The van der Waals surface area contributed by atoms with Gasteiger partial charge >= 0.3 is 6.18 Å². The number of rotatable bonds is 2. The number of fused-ring (bicyclic) bond motifs is 1. The molecule has 4 rings (SSSR count). The van der Waals surface area contributed by atoms with Crippen molar-refractivity contribution in [3.63, 3.8) is 0 Å². The highest BCUT2D eigenvalue weighted by atomic mass is 35.5. The third-order valence-electron chi connectivity index (χ3n) is 4.57. The largest absolute Gasteiger partial charge is 0.401 e. The molecule has 0 bridgehead atoms. The third-order valence-corrected chi connectivity index (χ3v) is 4.85. The van der Waals surface area contributed by atoms with Crippen molar-refractivity contribution in [3.05, 3.63) is 17.2 Å². The fourth-order valence-electron chi connectivity index (χ4n) is 3.31. The lowest BCUT2D eigenvalue weighted by Gasteiger charge is -2.17. The first-order valence-electron chi connectivity index (χ1n) is 8.94. The Morgan fingerprint density at radius 1 is 1.36 bits per heavy atom. The molecule has 0 amide bonds. The fraction of sp³-hybridized carbons (Fsp3) is 0.688. The molecule has 0 spiro atoms. The summed E-state index contributed by atoms with van der Waals surface area (Å²) < 4.78 is 43.7. The molecule has 156 valence electrons. The van der Waals surface area contributed by atoms with Gasteiger partial charge in [-0.05, 0) is 25.8 Å². The molecule has 2 aromatic heterocycles. The van der Waals surface area contributed by atoms with Crippen LogP contribution in [0.1, 0.15) is 31.0 Å². The van der Waals surface area contributed by atoms with Crippen molar-refractivity contribution in [3.8, 4) is 0 Å². The van der Waals surface area contributed by atoms with Gasteiger partial charge in [-0.3, -0.25) is 4.90 Å². The highest BCUT2D eigenvalue weighted by molar-refractivity contribution is 6.32. The molecule has 12 heteroatoms. The van der Waals surface area contributed by atoms with Gasteiger partial charge in [0.2, 0.25) is 5.95 Å². The maximum atomic E-state index is 12.4. The van der Waals surface area contributed by atoms with E-state index in [4.69, 9.17) is 27.2 Å². The lowest BCUT2D eigenvalue weighted by Crippen LogP contribution is -2.32. The van der Waals surface area contributed by atoms with Gasteiger partial charge in [0.1, 0.15) is 11.3 Å². The zero-order chi connectivity index (χ0) is 20.3. The Morgan fingerprint density at radius 3 is 2.75 bits per heavy atom. The predicted octanol–water partition coefficient (Wildman–Crippen LogP) is 1.87. The van der Waals surface area contributed by atoms with Gasteiger partial charge < -0.3 is 15.6 Å². The molecule has 4 heterocycles. The number of aromatic nitrogens is 4. The van der Waals surface area contributed by atoms with Gasteiger partial charge in [0.05, 0.1) is 25.5 Å². The van der Waals surface area contributed by atoms with E-state index in [1.165, 1.54) is 15.6 Å². The minimum absolute atomic E-state index is 0.0583. The Hall–Kier alpha value is -1.69. The van der Waals surface area contributed by atoms with Crippen molar-refractivity contribution < 1.29 is 23.0 Å². The van der Waals surface area contributed by atoms with Crippen LogP contribution in [0.15, 0.2) is 6.20 Å². The van der Waals surface area contributed by atoms with Crippen LogP contribution in [0.25, 0.3) is 5.52 Å². The number of likely N-dealkylation sites (tertiary alicyclic amines) is 1. The summed E-state index contributed by atoms with van der Waals surface area (Å²) in [5.74, 6) is 0.415. The van der Waals surface area contributed by atoms with Crippen molar-refractivity contribution in [1.29, 1.82) is 0 Å². The first-order valence-corrected chi connectivity index (χ1v) is 9.32. The monoisotopic (exact) mass is 422 g/mol.